The second-order valence-corrected chi connectivity index (χ2v) is 6.50. The van der Waals surface area contributed by atoms with Crippen molar-refractivity contribution in [2.24, 2.45) is 4.99 Å². The molecule has 1 aromatic heterocycles. The molecule has 0 aliphatic heterocycles. The van der Waals surface area contributed by atoms with Crippen LogP contribution >= 0.6 is 11.3 Å². The monoisotopic (exact) mass is 401 g/mol. The van der Waals surface area contributed by atoms with Gasteiger partial charge in [0.2, 0.25) is 0 Å². The van der Waals surface area contributed by atoms with Crippen LogP contribution in [-0.4, -0.2) is 38.2 Å². The predicted octanol–water partition coefficient (Wildman–Crippen LogP) is 3.20. The maximum atomic E-state index is 14.0. The molecular formula is C17H22F3N5OS. The fraction of sp³-hybridized carbons (Fsp3) is 0.412. The summed E-state index contributed by atoms with van der Waals surface area (Å²) in [6, 6.07) is 3.79. The molecule has 148 valence electrons. The lowest BCUT2D eigenvalue weighted by Gasteiger charge is -2.13. The number of nitrogens with zero attached hydrogens (tertiary/aromatic N) is 3. The summed E-state index contributed by atoms with van der Waals surface area (Å²) in [6.07, 6.45) is 0. The molecule has 0 saturated heterocycles. The van der Waals surface area contributed by atoms with E-state index in [0.717, 1.165) is 10.8 Å². The molecule has 2 aromatic rings. The molecule has 0 unspecified atom stereocenters. The first-order valence-corrected chi connectivity index (χ1v) is 9.14. The molecule has 0 radical (unpaired) electrons. The highest BCUT2D eigenvalue weighted by Crippen LogP contribution is 2.24. The van der Waals surface area contributed by atoms with Crippen LogP contribution in [0.2, 0.25) is 0 Å². The van der Waals surface area contributed by atoms with Gasteiger partial charge in [-0.1, -0.05) is 6.07 Å². The molecule has 0 fully saturated rings. The van der Waals surface area contributed by atoms with Gasteiger partial charge < -0.3 is 20.3 Å². The van der Waals surface area contributed by atoms with Crippen molar-refractivity contribution >= 4 is 22.4 Å². The van der Waals surface area contributed by atoms with E-state index in [0.29, 0.717) is 19.0 Å². The van der Waals surface area contributed by atoms with Crippen LogP contribution in [0, 0.1) is 5.82 Å². The van der Waals surface area contributed by atoms with Gasteiger partial charge in [0.25, 0.3) is 0 Å². The van der Waals surface area contributed by atoms with Crippen molar-refractivity contribution in [2.45, 2.75) is 26.6 Å². The van der Waals surface area contributed by atoms with Gasteiger partial charge in [-0.25, -0.2) is 14.4 Å². The molecule has 2 rings (SSSR count). The summed E-state index contributed by atoms with van der Waals surface area (Å²) in [5.74, 6) is -0.453. The zero-order chi connectivity index (χ0) is 19.8. The van der Waals surface area contributed by atoms with Gasteiger partial charge in [0.05, 0.1) is 24.3 Å². The molecule has 2 N–H and O–H groups in total. The molecule has 0 aliphatic rings. The van der Waals surface area contributed by atoms with Crippen molar-refractivity contribution in [1.82, 2.24) is 15.6 Å². The van der Waals surface area contributed by atoms with Crippen LogP contribution in [-0.2, 0) is 13.1 Å². The Morgan fingerprint density at radius 2 is 2.11 bits per heavy atom. The van der Waals surface area contributed by atoms with Gasteiger partial charge in [-0.3, -0.25) is 0 Å². The van der Waals surface area contributed by atoms with E-state index in [1.54, 1.807) is 0 Å². The zero-order valence-corrected chi connectivity index (χ0v) is 16.1. The van der Waals surface area contributed by atoms with Crippen LogP contribution in [0.25, 0.3) is 0 Å². The Morgan fingerprint density at radius 1 is 1.33 bits per heavy atom. The molecule has 0 amide bonds. The van der Waals surface area contributed by atoms with Gasteiger partial charge in [-0.15, -0.1) is 11.3 Å². The first-order valence-electron chi connectivity index (χ1n) is 8.26. The van der Waals surface area contributed by atoms with Crippen molar-refractivity contribution < 1.29 is 17.9 Å². The smallest absolute Gasteiger partial charge is 0.387 e. The summed E-state index contributed by atoms with van der Waals surface area (Å²) < 4.78 is 43.4. The standard InChI is InChI=1S/C17H22F3N5OS/c1-4-21-16(22-8-11-10-27-17(24-11)25(2)3)23-9-12-13(18)6-5-7-14(12)26-15(19)20/h5-7,10,15H,4,8-9H2,1-3H3,(H2,21,22,23). The van der Waals surface area contributed by atoms with Crippen LogP contribution < -0.4 is 20.3 Å². The maximum Gasteiger partial charge on any atom is 0.387 e. The molecule has 0 spiro atoms. The second-order valence-electron chi connectivity index (χ2n) is 5.66. The average Bonchev–Trinajstić information content (AvgIpc) is 3.08. The molecule has 0 aliphatic carbocycles. The molecule has 1 heterocycles. The molecule has 6 nitrogen and oxygen atoms in total. The summed E-state index contributed by atoms with van der Waals surface area (Å²) in [5.41, 5.74) is 0.806. The lowest BCUT2D eigenvalue weighted by atomic mass is 10.2. The van der Waals surface area contributed by atoms with Crippen LogP contribution in [0.4, 0.5) is 18.3 Å². The number of thiazole rings is 1. The highest BCUT2D eigenvalue weighted by Gasteiger charge is 2.14. The number of aromatic nitrogens is 1. The van der Waals surface area contributed by atoms with E-state index in [4.69, 9.17) is 0 Å². The SMILES string of the molecule is CCNC(=NCc1c(F)cccc1OC(F)F)NCc1csc(N(C)C)n1. The topological polar surface area (TPSA) is 61.8 Å². The molecular weight excluding hydrogens is 379 g/mol. The van der Waals surface area contributed by atoms with Gasteiger partial charge in [0, 0.05) is 26.0 Å². The minimum atomic E-state index is -3.03. The van der Waals surface area contributed by atoms with Gasteiger partial charge >= 0.3 is 6.61 Å². The van der Waals surface area contributed by atoms with E-state index in [1.807, 2.05) is 31.3 Å². The van der Waals surface area contributed by atoms with Crippen LogP contribution in [0.1, 0.15) is 18.2 Å². The van der Waals surface area contributed by atoms with Gasteiger partial charge in [-0.2, -0.15) is 8.78 Å². The number of halogens is 3. The Balaban J connectivity index is 2.08. The lowest BCUT2D eigenvalue weighted by Crippen LogP contribution is -2.36. The first kappa shape index (κ1) is 20.8. The number of benzene rings is 1. The van der Waals surface area contributed by atoms with E-state index in [9.17, 15) is 13.2 Å². The molecule has 10 heteroatoms. The Labute approximate surface area is 160 Å². The largest absolute Gasteiger partial charge is 0.434 e. The Hall–Kier alpha value is -2.49. The molecule has 0 atom stereocenters. The highest BCUT2D eigenvalue weighted by atomic mass is 32.1. The first-order chi connectivity index (χ1) is 12.9. The number of anilines is 1. The number of ether oxygens (including phenoxy) is 1. The Bertz CT molecular complexity index is 767. The minimum Gasteiger partial charge on any atom is -0.434 e. The summed E-state index contributed by atoms with van der Waals surface area (Å²) in [6.45, 7) is -0.281. The third-order valence-corrected chi connectivity index (χ3v) is 4.45. The Kier molecular flexibility index (Phi) is 7.71. The van der Waals surface area contributed by atoms with E-state index in [1.165, 1.54) is 29.5 Å². The quantitative estimate of drug-likeness (QED) is 0.525. The van der Waals surface area contributed by atoms with E-state index in [2.05, 4.69) is 25.3 Å². The minimum absolute atomic E-state index is 0.0291. The highest BCUT2D eigenvalue weighted by molar-refractivity contribution is 7.13. The molecule has 0 saturated carbocycles. The maximum absolute atomic E-state index is 14.0. The van der Waals surface area contributed by atoms with Crippen molar-refractivity contribution in [1.29, 1.82) is 0 Å². The summed E-state index contributed by atoms with van der Waals surface area (Å²) in [5, 5.41) is 8.93. The Morgan fingerprint density at radius 3 is 2.74 bits per heavy atom. The summed E-state index contributed by atoms with van der Waals surface area (Å²) in [4.78, 5) is 10.6. The summed E-state index contributed by atoms with van der Waals surface area (Å²) in [7, 11) is 3.82. The second kappa shape index (κ2) is 10.0. The normalized spacial score (nSPS) is 11.6. The van der Waals surface area contributed by atoms with Crippen LogP contribution in [0.5, 0.6) is 5.75 Å². The van der Waals surface area contributed by atoms with Crippen molar-refractivity contribution in [3.8, 4) is 5.75 Å². The fourth-order valence-corrected chi connectivity index (χ4v) is 2.91. The number of nitrogens with one attached hydrogen (secondary N) is 2. The molecule has 27 heavy (non-hydrogen) atoms. The number of rotatable bonds is 8. The van der Waals surface area contributed by atoms with Crippen molar-refractivity contribution in [3.63, 3.8) is 0 Å². The van der Waals surface area contributed by atoms with Gasteiger partial charge in [0.15, 0.2) is 11.1 Å². The van der Waals surface area contributed by atoms with Crippen LogP contribution in [0.3, 0.4) is 0 Å². The number of hydrogen-bond donors (Lipinski definition) is 2. The third-order valence-electron chi connectivity index (χ3n) is 3.39. The zero-order valence-electron chi connectivity index (χ0n) is 15.3. The predicted molar refractivity (Wildman–Crippen MR) is 101 cm³/mol. The van der Waals surface area contributed by atoms with E-state index >= 15 is 0 Å². The molecule has 1 aromatic carbocycles. The fourth-order valence-electron chi connectivity index (χ4n) is 2.16. The summed E-state index contributed by atoms with van der Waals surface area (Å²) >= 11 is 1.52. The van der Waals surface area contributed by atoms with Crippen molar-refractivity contribution in [2.75, 3.05) is 25.5 Å². The number of alkyl halides is 2. The van der Waals surface area contributed by atoms with Crippen LogP contribution in [0.15, 0.2) is 28.6 Å². The number of guanidine groups is 1. The molecule has 0 bridgehead atoms. The van der Waals surface area contributed by atoms with E-state index in [-0.39, 0.29) is 17.9 Å². The third kappa shape index (κ3) is 6.31. The van der Waals surface area contributed by atoms with Crippen molar-refractivity contribution in [3.05, 3.63) is 40.7 Å². The van der Waals surface area contributed by atoms with Gasteiger partial charge in [-0.05, 0) is 19.1 Å². The van der Waals surface area contributed by atoms with Gasteiger partial charge in [0.1, 0.15) is 11.6 Å². The lowest BCUT2D eigenvalue weighted by molar-refractivity contribution is -0.0506. The van der Waals surface area contributed by atoms with E-state index < -0.39 is 12.4 Å². The average molecular weight is 401 g/mol. The number of aliphatic imine (C=N–C) groups is 1. The number of hydrogen-bond acceptors (Lipinski definition) is 5.